The minimum Gasteiger partial charge on any atom is -0.511 e. The van der Waals surface area contributed by atoms with Crippen molar-refractivity contribution in [2.24, 2.45) is 0 Å². The Balaban J connectivity index is 2.06. The number of nitrogens with zero attached hydrogens (tertiary/aromatic N) is 2. The van der Waals surface area contributed by atoms with Crippen LogP contribution < -0.4 is 10.3 Å². The van der Waals surface area contributed by atoms with E-state index in [0.717, 1.165) is 0 Å². The lowest BCUT2D eigenvalue weighted by molar-refractivity contribution is -0.121. The number of carbonyl (C=O) groups excluding carboxylic acids is 2. The van der Waals surface area contributed by atoms with E-state index in [1.807, 2.05) is 0 Å². The SMILES string of the molecule is [2H]C1=C(C(=O)C2=C(O)CCCC2=O)NN(C)C([2H])N1c1ccc(F)cc1. The fourth-order valence-electron chi connectivity index (χ4n) is 2.60. The van der Waals surface area contributed by atoms with Gasteiger partial charge in [-0.25, -0.2) is 9.40 Å². The molecular formula is C17H18FN3O3. The molecule has 126 valence electrons. The third-order valence-corrected chi connectivity index (χ3v) is 3.75. The second kappa shape index (κ2) is 6.45. The quantitative estimate of drug-likeness (QED) is 0.825. The first kappa shape index (κ1) is 13.7. The summed E-state index contributed by atoms with van der Waals surface area (Å²) in [6, 6.07) is 5.18. The Morgan fingerprint density at radius 1 is 1.38 bits per heavy atom. The molecule has 24 heavy (non-hydrogen) atoms. The van der Waals surface area contributed by atoms with Gasteiger partial charge in [0.1, 0.15) is 22.8 Å². The smallest absolute Gasteiger partial charge is 0.218 e. The first-order chi connectivity index (χ1) is 12.3. The van der Waals surface area contributed by atoms with Gasteiger partial charge in [0.2, 0.25) is 5.78 Å². The molecule has 3 rings (SSSR count). The van der Waals surface area contributed by atoms with E-state index in [9.17, 15) is 19.1 Å². The van der Waals surface area contributed by atoms with Crippen LogP contribution in [-0.4, -0.2) is 35.4 Å². The highest BCUT2D eigenvalue weighted by atomic mass is 19.1. The monoisotopic (exact) mass is 333 g/mol. The van der Waals surface area contributed by atoms with E-state index in [-0.39, 0.29) is 36.0 Å². The molecule has 1 heterocycles. The second-order valence-corrected chi connectivity index (χ2v) is 5.60. The zero-order valence-electron chi connectivity index (χ0n) is 15.0. The van der Waals surface area contributed by atoms with Crippen LogP contribution in [0.25, 0.3) is 0 Å². The minimum atomic E-state index is -1.09. The number of nitrogens with one attached hydrogen (secondary N) is 1. The first-order valence-corrected chi connectivity index (χ1v) is 7.48. The van der Waals surface area contributed by atoms with Gasteiger partial charge >= 0.3 is 0 Å². The molecule has 1 aliphatic carbocycles. The summed E-state index contributed by atoms with van der Waals surface area (Å²) in [6.45, 7) is -1.09. The van der Waals surface area contributed by atoms with E-state index in [2.05, 4.69) is 5.43 Å². The number of rotatable bonds is 3. The average molecular weight is 333 g/mol. The maximum absolute atomic E-state index is 13.2. The first-order valence-electron chi connectivity index (χ1n) is 8.56. The van der Waals surface area contributed by atoms with Crippen LogP contribution in [-0.2, 0) is 9.59 Å². The van der Waals surface area contributed by atoms with Gasteiger partial charge in [0.05, 0.1) is 9.39 Å². The number of aliphatic hydroxyl groups excluding tert-OH is 1. The molecule has 0 radical (unpaired) electrons. The van der Waals surface area contributed by atoms with Crippen LogP contribution in [0.5, 0.6) is 0 Å². The zero-order valence-corrected chi connectivity index (χ0v) is 13.0. The fourth-order valence-corrected chi connectivity index (χ4v) is 2.60. The van der Waals surface area contributed by atoms with Crippen molar-refractivity contribution in [3.8, 4) is 0 Å². The molecule has 0 saturated carbocycles. The van der Waals surface area contributed by atoms with Gasteiger partial charge in [-0.2, -0.15) is 0 Å². The number of ketones is 2. The molecule has 1 aromatic rings. The molecule has 0 amide bonds. The number of carbonyl (C=O) groups is 2. The van der Waals surface area contributed by atoms with E-state index >= 15 is 0 Å². The zero-order chi connectivity index (χ0) is 19.0. The number of Topliss-reactive ketones (excluding diaryl/α,β-unsaturated/α-hetero) is 2. The minimum absolute atomic E-state index is 0.157. The van der Waals surface area contributed by atoms with Crippen molar-refractivity contribution in [1.29, 1.82) is 0 Å². The summed E-state index contributed by atoms with van der Waals surface area (Å²) in [5.74, 6) is -2.00. The topological polar surface area (TPSA) is 72.9 Å². The molecule has 1 aromatic carbocycles. The van der Waals surface area contributed by atoms with Gasteiger partial charge in [-0.15, -0.1) is 0 Å². The molecule has 1 atom stereocenters. The summed E-state index contributed by atoms with van der Waals surface area (Å²) in [5.41, 5.74) is 2.45. The van der Waals surface area contributed by atoms with Crippen molar-refractivity contribution in [1.82, 2.24) is 10.4 Å². The summed E-state index contributed by atoms with van der Waals surface area (Å²) in [5, 5.41) is 11.3. The Kier molecular flexibility index (Phi) is 3.69. The third-order valence-electron chi connectivity index (χ3n) is 3.75. The molecule has 2 N–H and O–H groups in total. The number of aliphatic hydroxyl groups is 1. The predicted octanol–water partition coefficient (Wildman–Crippen LogP) is 2.02. The lowest BCUT2D eigenvalue weighted by Crippen LogP contribution is -2.48. The van der Waals surface area contributed by atoms with Crippen molar-refractivity contribution in [3.05, 3.63) is 53.3 Å². The van der Waals surface area contributed by atoms with Crippen LogP contribution in [0.2, 0.25) is 0 Å². The molecule has 0 aromatic heterocycles. The summed E-state index contributed by atoms with van der Waals surface area (Å²) >= 11 is 0. The molecule has 0 fully saturated rings. The maximum atomic E-state index is 13.2. The molecule has 6 nitrogen and oxygen atoms in total. The van der Waals surface area contributed by atoms with Crippen molar-refractivity contribution >= 4 is 17.3 Å². The summed E-state index contributed by atoms with van der Waals surface area (Å²) < 4.78 is 29.7. The number of anilines is 1. The molecule has 2 aliphatic rings. The Hall–Kier alpha value is -2.67. The van der Waals surface area contributed by atoms with E-state index in [1.54, 1.807) is 0 Å². The standard InChI is InChI=1S/C17H18FN3O3/c1-20-10-21(12-7-5-11(18)6-8-12)9-13(19-20)17(24)16-14(22)3-2-4-15(16)23/h5-9,19,22H,2-4,10H2,1H3/i9D,10D. The molecule has 0 saturated heterocycles. The van der Waals surface area contributed by atoms with Crippen LogP contribution in [0.1, 0.15) is 22.0 Å². The normalized spacial score (nSPS) is 23.8. The van der Waals surface area contributed by atoms with Gasteiger partial charge < -0.3 is 15.4 Å². The molecule has 1 aliphatic heterocycles. The van der Waals surface area contributed by atoms with Gasteiger partial charge in [0.25, 0.3) is 0 Å². The maximum Gasteiger partial charge on any atom is 0.218 e. The summed E-state index contributed by atoms with van der Waals surface area (Å²) in [7, 11) is 1.50. The number of benzene rings is 1. The average Bonchev–Trinajstić information content (AvgIpc) is 2.59. The highest BCUT2D eigenvalue weighted by molar-refractivity contribution is 6.26. The molecule has 0 bridgehead atoms. The second-order valence-electron chi connectivity index (χ2n) is 5.60. The number of halogens is 1. The Bertz CT molecular complexity index is 823. The van der Waals surface area contributed by atoms with Gasteiger partial charge in [-0.1, -0.05) is 0 Å². The number of hydrazine groups is 1. The number of hydrogen-bond donors (Lipinski definition) is 2. The Morgan fingerprint density at radius 2 is 2.08 bits per heavy atom. The highest BCUT2D eigenvalue weighted by Gasteiger charge is 2.31. The number of hydrogen-bond acceptors (Lipinski definition) is 6. The third kappa shape index (κ3) is 3.16. The van der Waals surface area contributed by atoms with Crippen molar-refractivity contribution in [3.63, 3.8) is 0 Å². The van der Waals surface area contributed by atoms with Crippen LogP contribution in [0.15, 0.2) is 47.5 Å². The van der Waals surface area contributed by atoms with Crippen LogP contribution in [0.4, 0.5) is 10.1 Å². The van der Waals surface area contributed by atoms with Gasteiger partial charge in [0, 0.05) is 31.8 Å². The number of allylic oxidation sites excluding steroid dienone is 2. The lowest BCUT2D eigenvalue weighted by atomic mass is 9.92. The van der Waals surface area contributed by atoms with Gasteiger partial charge in [0.15, 0.2) is 5.78 Å². The van der Waals surface area contributed by atoms with Crippen LogP contribution in [0, 0.1) is 5.82 Å². The van der Waals surface area contributed by atoms with E-state index in [0.29, 0.717) is 12.1 Å². The highest BCUT2D eigenvalue weighted by Crippen LogP contribution is 2.25. The van der Waals surface area contributed by atoms with E-state index < -0.39 is 24.0 Å². The Morgan fingerprint density at radius 3 is 2.75 bits per heavy atom. The summed E-state index contributed by atoms with van der Waals surface area (Å²) in [6.07, 6.45) is 0.521. The van der Waals surface area contributed by atoms with Crippen LogP contribution >= 0.6 is 0 Å². The summed E-state index contributed by atoms with van der Waals surface area (Å²) in [4.78, 5) is 26.1. The largest absolute Gasteiger partial charge is 0.511 e. The van der Waals surface area contributed by atoms with Crippen molar-refractivity contribution in [2.75, 3.05) is 18.6 Å². The molecule has 7 heteroatoms. The Labute approximate surface area is 141 Å². The van der Waals surface area contributed by atoms with Gasteiger partial charge in [-0.3, -0.25) is 9.59 Å². The van der Waals surface area contributed by atoms with Crippen LogP contribution in [0.3, 0.4) is 0 Å². The van der Waals surface area contributed by atoms with Crippen molar-refractivity contribution in [2.45, 2.75) is 19.3 Å². The van der Waals surface area contributed by atoms with E-state index in [4.69, 9.17) is 2.74 Å². The lowest BCUT2D eigenvalue weighted by Gasteiger charge is -2.34. The van der Waals surface area contributed by atoms with Gasteiger partial charge in [-0.05, 0) is 30.7 Å². The molecule has 0 spiro atoms. The molecular weight excluding hydrogens is 313 g/mol. The molecule has 1 unspecified atom stereocenters. The van der Waals surface area contributed by atoms with Crippen molar-refractivity contribution < 1.29 is 21.8 Å². The fraction of sp³-hybridized carbons (Fsp3) is 0.294. The predicted molar refractivity (Wildman–Crippen MR) is 86.2 cm³/mol. The van der Waals surface area contributed by atoms with E-state index in [1.165, 1.54) is 41.2 Å².